The minimum atomic E-state index is -0.757. The van der Waals surface area contributed by atoms with Gasteiger partial charge in [-0.05, 0) is 24.5 Å². The first kappa shape index (κ1) is 13.1. The lowest BCUT2D eigenvalue weighted by Crippen LogP contribution is -2.48. The molecule has 1 aromatic rings. The van der Waals surface area contributed by atoms with Crippen LogP contribution in [0.15, 0.2) is 24.3 Å². The molecule has 2 rings (SSSR count). The number of rotatable bonds is 4. The van der Waals surface area contributed by atoms with Crippen molar-refractivity contribution in [1.29, 1.82) is 0 Å². The van der Waals surface area contributed by atoms with Crippen LogP contribution < -0.4 is 0 Å². The summed E-state index contributed by atoms with van der Waals surface area (Å²) in [6.45, 7) is 3.28. The normalized spacial score (nSPS) is 21.3. The largest absolute Gasteiger partial charge is 0.480 e. The van der Waals surface area contributed by atoms with E-state index in [-0.39, 0.29) is 6.10 Å². The average Bonchev–Trinajstić information content (AvgIpc) is 2.37. The number of hydrogen-bond acceptors (Lipinski definition) is 3. The van der Waals surface area contributed by atoms with Gasteiger partial charge in [0.15, 0.2) is 0 Å². The van der Waals surface area contributed by atoms with E-state index in [1.807, 2.05) is 30.0 Å². The molecule has 0 aromatic heterocycles. The quantitative estimate of drug-likeness (QED) is 0.879. The molecule has 2 atom stereocenters. The van der Waals surface area contributed by atoms with Gasteiger partial charge >= 0.3 is 5.97 Å². The molecule has 1 aliphatic heterocycles. The fourth-order valence-electron chi connectivity index (χ4n) is 2.42. The maximum absolute atomic E-state index is 11.4. The summed E-state index contributed by atoms with van der Waals surface area (Å²) in [5, 5.41) is 9.34. The molecule has 4 nitrogen and oxygen atoms in total. The first-order chi connectivity index (χ1) is 8.61. The number of nitrogens with zero attached hydrogens (tertiary/aromatic N) is 1. The summed E-state index contributed by atoms with van der Waals surface area (Å²) >= 11 is 0. The molecular formula is C14H19NO3. The van der Waals surface area contributed by atoms with Gasteiger partial charge in [-0.25, -0.2) is 0 Å². The van der Waals surface area contributed by atoms with Crippen LogP contribution in [0.25, 0.3) is 0 Å². The van der Waals surface area contributed by atoms with E-state index in [1.54, 1.807) is 7.11 Å². The lowest BCUT2D eigenvalue weighted by atomic mass is 9.94. The summed E-state index contributed by atoms with van der Waals surface area (Å²) in [6, 6.07) is 7.60. The third-order valence-electron chi connectivity index (χ3n) is 3.52. The lowest BCUT2D eigenvalue weighted by Gasteiger charge is -2.35. The van der Waals surface area contributed by atoms with Crippen molar-refractivity contribution in [1.82, 2.24) is 4.90 Å². The second-order valence-corrected chi connectivity index (χ2v) is 4.80. The molecule has 0 radical (unpaired) electrons. The van der Waals surface area contributed by atoms with Crippen molar-refractivity contribution in [3.63, 3.8) is 0 Å². The van der Waals surface area contributed by atoms with E-state index in [9.17, 15) is 9.90 Å². The number of ether oxygens (including phenoxy) is 1. The Hall–Kier alpha value is -1.39. The fraction of sp³-hybridized carbons (Fsp3) is 0.500. The highest BCUT2D eigenvalue weighted by molar-refractivity contribution is 5.74. The van der Waals surface area contributed by atoms with Crippen molar-refractivity contribution in [2.45, 2.75) is 32.0 Å². The van der Waals surface area contributed by atoms with E-state index >= 15 is 0 Å². The van der Waals surface area contributed by atoms with Crippen molar-refractivity contribution in [2.75, 3.05) is 13.7 Å². The predicted molar refractivity (Wildman–Crippen MR) is 68.5 cm³/mol. The number of aliphatic carboxylic acids is 1. The number of hydrogen-bond donors (Lipinski definition) is 1. The maximum atomic E-state index is 11.4. The monoisotopic (exact) mass is 249 g/mol. The van der Waals surface area contributed by atoms with Gasteiger partial charge in [-0.15, -0.1) is 0 Å². The van der Waals surface area contributed by atoms with E-state index in [0.29, 0.717) is 19.5 Å². The van der Waals surface area contributed by atoms with Crippen LogP contribution in [0.1, 0.15) is 18.1 Å². The van der Waals surface area contributed by atoms with Crippen LogP contribution in [0.2, 0.25) is 0 Å². The molecule has 98 valence electrons. The molecule has 0 bridgehead atoms. The molecule has 4 heteroatoms. The number of carboxylic acids is 1. The maximum Gasteiger partial charge on any atom is 0.321 e. The van der Waals surface area contributed by atoms with Gasteiger partial charge in [0.25, 0.3) is 0 Å². The van der Waals surface area contributed by atoms with Crippen LogP contribution in [0, 0.1) is 0 Å². The standard InChI is InChI=1S/C14H19NO3/c1-10(18-2)8-15-9-12-6-4-3-5-11(12)7-13(15)14(16)17/h3-6,10,13H,7-9H2,1-2H3,(H,16,17). The van der Waals surface area contributed by atoms with Gasteiger partial charge in [0, 0.05) is 20.2 Å². The number of methoxy groups -OCH3 is 1. The third kappa shape index (κ3) is 2.71. The van der Waals surface area contributed by atoms with Gasteiger partial charge in [-0.1, -0.05) is 24.3 Å². The van der Waals surface area contributed by atoms with Crippen molar-refractivity contribution >= 4 is 5.97 Å². The first-order valence-electron chi connectivity index (χ1n) is 6.18. The number of fused-ring (bicyclic) bond motifs is 1. The summed E-state index contributed by atoms with van der Waals surface area (Å²) in [4.78, 5) is 13.3. The minimum Gasteiger partial charge on any atom is -0.480 e. The van der Waals surface area contributed by atoms with Gasteiger partial charge in [-0.2, -0.15) is 0 Å². The Morgan fingerprint density at radius 2 is 2.17 bits per heavy atom. The van der Waals surface area contributed by atoms with Crippen molar-refractivity contribution in [3.05, 3.63) is 35.4 Å². The van der Waals surface area contributed by atoms with Gasteiger partial charge in [0.1, 0.15) is 6.04 Å². The van der Waals surface area contributed by atoms with Crippen LogP contribution in [0.4, 0.5) is 0 Å². The van der Waals surface area contributed by atoms with E-state index in [2.05, 4.69) is 6.07 Å². The van der Waals surface area contributed by atoms with Gasteiger partial charge in [-0.3, -0.25) is 9.69 Å². The molecule has 1 aromatic carbocycles. The minimum absolute atomic E-state index is 0.0390. The Kier molecular flexibility index (Phi) is 3.99. The highest BCUT2D eigenvalue weighted by atomic mass is 16.5. The third-order valence-corrected chi connectivity index (χ3v) is 3.52. The summed E-state index contributed by atoms with van der Waals surface area (Å²) in [7, 11) is 1.65. The molecule has 0 fully saturated rings. The Morgan fingerprint density at radius 3 is 2.78 bits per heavy atom. The topological polar surface area (TPSA) is 49.8 Å². The molecule has 0 saturated heterocycles. The van der Waals surface area contributed by atoms with Gasteiger partial charge < -0.3 is 9.84 Å². The highest BCUT2D eigenvalue weighted by Crippen LogP contribution is 2.23. The molecule has 0 aliphatic carbocycles. The zero-order chi connectivity index (χ0) is 13.1. The number of carboxylic acid groups (broad SMARTS) is 1. The SMILES string of the molecule is COC(C)CN1Cc2ccccc2CC1C(=O)O. The second kappa shape index (κ2) is 5.50. The van der Waals surface area contributed by atoms with E-state index in [4.69, 9.17) is 4.74 Å². The summed E-state index contributed by atoms with van der Waals surface area (Å²) in [5.41, 5.74) is 2.37. The first-order valence-corrected chi connectivity index (χ1v) is 6.18. The van der Waals surface area contributed by atoms with Crippen molar-refractivity contribution in [3.8, 4) is 0 Å². The summed E-state index contributed by atoms with van der Waals surface area (Å²) < 4.78 is 5.23. The molecule has 0 saturated carbocycles. The smallest absolute Gasteiger partial charge is 0.321 e. The predicted octanol–water partition coefficient (Wildman–Crippen LogP) is 1.53. The number of carbonyl (C=O) groups is 1. The van der Waals surface area contributed by atoms with Crippen LogP contribution in [-0.4, -0.2) is 41.8 Å². The summed E-state index contributed by atoms with van der Waals surface area (Å²) in [6.07, 6.45) is 0.610. The highest BCUT2D eigenvalue weighted by Gasteiger charge is 2.31. The Labute approximate surface area is 107 Å². The molecule has 1 aliphatic rings. The van der Waals surface area contributed by atoms with Crippen LogP contribution >= 0.6 is 0 Å². The van der Waals surface area contributed by atoms with Crippen LogP contribution in [0.5, 0.6) is 0 Å². The van der Waals surface area contributed by atoms with Crippen molar-refractivity contribution in [2.24, 2.45) is 0 Å². The molecule has 18 heavy (non-hydrogen) atoms. The van der Waals surface area contributed by atoms with E-state index in [0.717, 1.165) is 5.56 Å². The zero-order valence-corrected chi connectivity index (χ0v) is 10.8. The van der Waals surface area contributed by atoms with Crippen LogP contribution in [0.3, 0.4) is 0 Å². The average molecular weight is 249 g/mol. The van der Waals surface area contributed by atoms with Gasteiger partial charge in [0.2, 0.25) is 0 Å². The molecule has 0 amide bonds. The zero-order valence-electron chi connectivity index (χ0n) is 10.8. The van der Waals surface area contributed by atoms with Crippen LogP contribution in [-0.2, 0) is 22.5 Å². The molecule has 1 heterocycles. The van der Waals surface area contributed by atoms with Crippen molar-refractivity contribution < 1.29 is 14.6 Å². The molecular weight excluding hydrogens is 230 g/mol. The van der Waals surface area contributed by atoms with Gasteiger partial charge in [0.05, 0.1) is 6.10 Å². The molecule has 1 N–H and O–H groups in total. The Morgan fingerprint density at radius 1 is 1.50 bits per heavy atom. The van der Waals surface area contributed by atoms with E-state index < -0.39 is 12.0 Å². The Balaban J connectivity index is 2.20. The van der Waals surface area contributed by atoms with E-state index in [1.165, 1.54) is 5.56 Å². The summed E-state index contributed by atoms with van der Waals surface area (Å²) in [5.74, 6) is -0.757. The molecule has 0 spiro atoms. The second-order valence-electron chi connectivity index (χ2n) is 4.80. The fourth-order valence-corrected chi connectivity index (χ4v) is 2.42. The number of benzene rings is 1. The molecule has 2 unspecified atom stereocenters. The lowest BCUT2D eigenvalue weighted by molar-refractivity contribution is -0.144. The Bertz CT molecular complexity index is 433.